The van der Waals surface area contributed by atoms with Crippen LogP contribution in [-0.4, -0.2) is 16.9 Å². The van der Waals surface area contributed by atoms with Gasteiger partial charge in [-0.05, 0) is 12.8 Å². The van der Waals surface area contributed by atoms with Crippen LogP contribution in [0.1, 0.15) is 5.56 Å². The van der Waals surface area contributed by atoms with Crippen LogP contribution in [0, 0.1) is 0 Å². The van der Waals surface area contributed by atoms with Crippen molar-refractivity contribution in [3.8, 4) is 11.5 Å². The Morgan fingerprint density at radius 1 is 1.31 bits per heavy atom. The molecule has 0 fully saturated rings. The predicted molar refractivity (Wildman–Crippen MR) is 53.9 cm³/mol. The van der Waals surface area contributed by atoms with Gasteiger partial charge in [0.05, 0.1) is 5.69 Å². The fraction of sp³-hybridized carbons (Fsp3) is 0. The van der Waals surface area contributed by atoms with Gasteiger partial charge in [-0.3, -0.25) is 4.99 Å². The maximum absolute atomic E-state index is 9.16. The fourth-order valence-corrected chi connectivity index (χ4v) is 1.07. The SMILES string of the molecule is C=Nc1cc(O)c(O)cc1C(=C)Cl. The van der Waals surface area contributed by atoms with Crippen molar-refractivity contribution in [3.63, 3.8) is 0 Å². The van der Waals surface area contributed by atoms with Crippen LogP contribution in [0.2, 0.25) is 0 Å². The zero-order chi connectivity index (χ0) is 10.0. The Morgan fingerprint density at radius 2 is 1.85 bits per heavy atom. The molecule has 0 bridgehead atoms. The first-order valence-electron chi connectivity index (χ1n) is 3.43. The van der Waals surface area contributed by atoms with E-state index in [1.165, 1.54) is 12.1 Å². The molecule has 2 N–H and O–H groups in total. The van der Waals surface area contributed by atoms with Gasteiger partial charge in [-0.2, -0.15) is 0 Å². The van der Waals surface area contributed by atoms with E-state index in [1.54, 1.807) is 0 Å². The lowest BCUT2D eigenvalue weighted by molar-refractivity contribution is 0.404. The van der Waals surface area contributed by atoms with Crippen LogP contribution in [0.15, 0.2) is 23.7 Å². The monoisotopic (exact) mass is 197 g/mol. The summed E-state index contributed by atoms with van der Waals surface area (Å²) in [6.45, 7) is 6.79. The van der Waals surface area contributed by atoms with Crippen LogP contribution < -0.4 is 0 Å². The van der Waals surface area contributed by atoms with Gasteiger partial charge in [0.15, 0.2) is 11.5 Å². The summed E-state index contributed by atoms with van der Waals surface area (Å²) in [5.74, 6) is -0.520. The molecule has 0 saturated carbocycles. The van der Waals surface area contributed by atoms with E-state index in [0.29, 0.717) is 11.3 Å². The average Bonchev–Trinajstić information content (AvgIpc) is 2.08. The standard InChI is InChI=1S/C9H8ClNO2/c1-5(10)6-3-8(12)9(13)4-7(6)11-2/h3-4,12-13H,1-2H2. The van der Waals surface area contributed by atoms with E-state index < -0.39 is 0 Å². The lowest BCUT2D eigenvalue weighted by Crippen LogP contribution is -1.78. The molecule has 0 heterocycles. The molecular formula is C9H8ClNO2. The summed E-state index contributed by atoms with van der Waals surface area (Å²) in [6.07, 6.45) is 0. The van der Waals surface area contributed by atoms with Crippen molar-refractivity contribution < 1.29 is 10.2 Å². The number of nitrogens with zero attached hydrogens (tertiary/aromatic N) is 1. The molecule has 0 unspecified atom stereocenters. The Bertz CT molecular complexity index is 374. The lowest BCUT2D eigenvalue weighted by Gasteiger charge is -2.05. The number of halogens is 1. The van der Waals surface area contributed by atoms with Crippen molar-refractivity contribution >= 4 is 29.0 Å². The van der Waals surface area contributed by atoms with Crippen molar-refractivity contribution in [1.82, 2.24) is 0 Å². The minimum atomic E-state index is -0.260. The third-order valence-electron chi connectivity index (χ3n) is 1.56. The summed E-state index contributed by atoms with van der Waals surface area (Å²) < 4.78 is 0. The molecule has 1 aromatic rings. The van der Waals surface area contributed by atoms with Crippen molar-refractivity contribution in [2.75, 3.05) is 0 Å². The van der Waals surface area contributed by atoms with E-state index in [9.17, 15) is 0 Å². The highest BCUT2D eigenvalue weighted by Gasteiger charge is 2.08. The third-order valence-corrected chi connectivity index (χ3v) is 1.76. The van der Waals surface area contributed by atoms with Gasteiger partial charge in [-0.1, -0.05) is 18.2 Å². The summed E-state index contributed by atoms with van der Waals surface area (Å²) in [4.78, 5) is 3.63. The van der Waals surface area contributed by atoms with Gasteiger partial charge in [-0.15, -0.1) is 0 Å². The highest BCUT2D eigenvalue weighted by Crippen LogP contribution is 2.36. The van der Waals surface area contributed by atoms with Crippen LogP contribution in [-0.2, 0) is 0 Å². The van der Waals surface area contributed by atoms with Crippen LogP contribution in [0.3, 0.4) is 0 Å². The second-order valence-electron chi connectivity index (χ2n) is 2.42. The fourth-order valence-electron chi connectivity index (χ4n) is 0.914. The van der Waals surface area contributed by atoms with Gasteiger partial charge in [0, 0.05) is 16.7 Å². The molecule has 0 aromatic heterocycles. The molecule has 1 rings (SSSR count). The molecule has 0 saturated heterocycles. The van der Waals surface area contributed by atoms with Gasteiger partial charge in [0.1, 0.15) is 0 Å². The van der Waals surface area contributed by atoms with Gasteiger partial charge in [0.25, 0.3) is 0 Å². The van der Waals surface area contributed by atoms with Gasteiger partial charge < -0.3 is 10.2 Å². The molecule has 0 radical (unpaired) electrons. The van der Waals surface area contributed by atoms with Gasteiger partial charge in [0.2, 0.25) is 0 Å². The molecule has 0 amide bonds. The first kappa shape index (κ1) is 9.61. The Kier molecular flexibility index (Phi) is 2.58. The van der Waals surface area contributed by atoms with E-state index >= 15 is 0 Å². The molecule has 1 aromatic carbocycles. The quantitative estimate of drug-likeness (QED) is 0.566. The number of phenols is 2. The van der Waals surface area contributed by atoms with Crippen molar-refractivity contribution in [2.45, 2.75) is 0 Å². The Hall–Kier alpha value is -1.48. The number of phenolic OH excluding ortho intramolecular Hbond substituents is 2. The maximum Gasteiger partial charge on any atom is 0.159 e. The Labute approximate surface area is 80.6 Å². The smallest absolute Gasteiger partial charge is 0.159 e. The number of hydrogen-bond acceptors (Lipinski definition) is 3. The summed E-state index contributed by atoms with van der Waals surface area (Å²) >= 11 is 5.64. The maximum atomic E-state index is 9.16. The Morgan fingerprint density at radius 3 is 2.31 bits per heavy atom. The second kappa shape index (κ2) is 3.49. The summed E-state index contributed by atoms with van der Waals surface area (Å²) in [5.41, 5.74) is 0.835. The van der Waals surface area contributed by atoms with E-state index in [4.69, 9.17) is 21.8 Å². The first-order valence-corrected chi connectivity index (χ1v) is 3.81. The van der Waals surface area contributed by atoms with Crippen LogP contribution in [0.4, 0.5) is 5.69 Å². The topological polar surface area (TPSA) is 52.8 Å². The molecule has 0 aliphatic carbocycles. The summed E-state index contributed by atoms with van der Waals surface area (Å²) in [7, 11) is 0. The number of hydrogen-bond donors (Lipinski definition) is 2. The van der Waals surface area contributed by atoms with Gasteiger partial charge in [-0.25, -0.2) is 0 Å². The van der Waals surface area contributed by atoms with Crippen molar-refractivity contribution in [3.05, 3.63) is 24.3 Å². The third kappa shape index (κ3) is 1.81. The molecule has 0 aliphatic heterocycles. The summed E-state index contributed by atoms with van der Waals surface area (Å²) in [6, 6.07) is 2.56. The molecule has 3 nitrogen and oxygen atoms in total. The largest absolute Gasteiger partial charge is 0.504 e. The van der Waals surface area contributed by atoms with Crippen LogP contribution in [0.25, 0.3) is 5.03 Å². The van der Waals surface area contributed by atoms with E-state index in [2.05, 4.69) is 18.3 Å². The molecule has 68 valence electrons. The van der Waals surface area contributed by atoms with E-state index in [1.807, 2.05) is 0 Å². The number of aromatic hydroxyl groups is 2. The molecular weight excluding hydrogens is 190 g/mol. The minimum absolute atomic E-state index is 0.234. The first-order chi connectivity index (χ1) is 6.06. The highest BCUT2D eigenvalue weighted by molar-refractivity contribution is 6.48. The lowest BCUT2D eigenvalue weighted by atomic mass is 10.1. The van der Waals surface area contributed by atoms with Crippen molar-refractivity contribution in [1.29, 1.82) is 0 Å². The molecule has 0 aliphatic rings. The normalized spacial score (nSPS) is 9.62. The zero-order valence-corrected chi connectivity index (χ0v) is 7.54. The average molecular weight is 198 g/mol. The van der Waals surface area contributed by atoms with E-state index in [-0.39, 0.29) is 16.5 Å². The number of rotatable bonds is 2. The molecule has 13 heavy (non-hydrogen) atoms. The minimum Gasteiger partial charge on any atom is -0.504 e. The number of aliphatic imine (C=N–C) groups is 1. The molecule has 4 heteroatoms. The zero-order valence-electron chi connectivity index (χ0n) is 6.79. The second-order valence-corrected chi connectivity index (χ2v) is 2.88. The van der Waals surface area contributed by atoms with E-state index in [0.717, 1.165) is 0 Å². The van der Waals surface area contributed by atoms with Gasteiger partial charge >= 0.3 is 0 Å². The Balaban J connectivity index is 3.41. The van der Waals surface area contributed by atoms with Crippen LogP contribution in [0.5, 0.6) is 11.5 Å². The molecule has 0 atom stereocenters. The predicted octanol–water partition coefficient (Wildman–Crippen LogP) is 2.64. The van der Waals surface area contributed by atoms with Crippen LogP contribution >= 0.6 is 11.6 Å². The number of benzene rings is 1. The van der Waals surface area contributed by atoms with Crippen molar-refractivity contribution in [2.24, 2.45) is 4.99 Å². The summed E-state index contributed by atoms with van der Waals surface area (Å²) in [5, 5.41) is 18.5. The molecule has 0 spiro atoms. The highest BCUT2D eigenvalue weighted by atomic mass is 35.5.